The number of hydrogen-bond donors (Lipinski definition) is 0. The van der Waals surface area contributed by atoms with E-state index in [0.717, 1.165) is 36.4 Å². The van der Waals surface area contributed by atoms with Gasteiger partial charge in [0.15, 0.2) is 0 Å². The standard InChI is InChI=1S/C16H20F2N4/c1-5-14-15(6-2)20-21-16(19-14)22(4)10(3)12-9-11(17)7-8-13(12)18/h7-10H,5-6H2,1-4H3. The summed E-state index contributed by atoms with van der Waals surface area (Å²) in [6.07, 6.45) is 1.52. The molecule has 2 rings (SSSR count). The molecule has 1 aromatic heterocycles. The van der Waals surface area contributed by atoms with Gasteiger partial charge in [-0.15, -0.1) is 5.10 Å². The van der Waals surface area contributed by atoms with E-state index < -0.39 is 17.7 Å². The first-order chi connectivity index (χ1) is 10.5. The van der Waals surface area contributed by atoms with E-state index in [1.165, 1.54) is 6.07 Å². The van der Waals surface area contributed by atoms with E-state index in [0.29, 0.717) is 5.95 Å². The van der Waals surface area contributed by atoms with Crippen LogP contribution in [0.25, 0.3) is 0 Å². The number of aromatic nitrogens is 3. The van der Waals surface area contributed by atoms with Gasteiger partial charge in [-0.25, -0.2) is 13.8 Å². The van der Waals surface area contributed by atoms with Crippen LogP contribution in [0.2, 0.25) is 0 Å². The van der Waals surface area contributed by atoms with Crippen LogP contribution in [0.15, 0.2) is 18.2 Å². The minimum Gasteiger partial charge on any atom is -0.336 e. The topological polar surface area (TPSA) is 41.9 Å². The molecule has 0 aliphatic heterocycles. The lowest BCUT2D eigenvalue weighted by Crippen LogP contribution is -2.26. The van der Waals surface area contributed by atoms with Crippen molar-refractivity contribution < 1.29 is 8.78 Å². The van der Waals surface area contributed by atoms with Crippen molar-refractivity contribution in [3.05, 3.63) is 46.8 Å². The second-order valence-corrected chi connectivity index (χ2v) is 5.17. The molecule has 2 aromatic rings. The third-order valence-corrected chi connectivity index (χ3v) is 3.80. The van der Waals surface area contributed by atoms with Crippen LogP contribution in [0.1, 0.15) is 43.8 Å². The molecule has 0 saturated heterocycles. The first kappa shape index (κ1) is 16.3. The van der Waals surface area contributed by atoms with Gasteiger partial charge in [0.1, 0.15) is 11.6 Å². The maximum Gasteiger partial charge on any atom is 0.245 e. The average Bonchev–Trinajstić information content (AvgIpc) is 2.55. The molecule has 1 heterocycles. The monoisotopic (exact) mass is 306 g/mol. The summed E-state index contributed by atoms with van der Waals surface area (Å²) < 4.78 is 27.3. The van der Waals surface area contributed by atoms with E-state index >= 15 is 0 Å². The molecule has 1 unspecified atom stereocenters. The summed E-state index contributed by atoms with van der Waals surface area (Å²) >= 11 is 0. The maximum atomic E-state index is 13.9. The molecule has 0 spiro atoms. The number of rotatable bonds is 5. The van der Waals surface area contributed by atoms with Gasteiger partial charge in [0.25, 0.3) is 0 Å². The van der Waals surface area contributed by atoms with Gasteiger partial charge in [-0.3, -0.25) is 0 Å². The largest absolute Gasteiger partial charge is 0.336 e. The molecule has 0 amide bonds. The van der Waals surface area contributed by atoms with Gasteiger partial charge in [0.05, 0.1) is 17.4 Å². The molecule has 1 aromatic carbocycles. The van der Waals surface area contributed by atoms with Gasteiger partial charge < -0.3 is 4.90 Å². The molecule has 0 bridgehead atoms. The van der Waals surface area contributed by atoms with Crippen LogP contribution in [-0.2, 0) is 12.8 Å². The number of benzene rings is 1. The van der Waals surface area contributed by atoms with Crippen molar-refractivity contribution in [2.75, 3.05) is 11.9 Å². The van der Waals surface area contributed by atoms with Gasteiger partial charge in [-0.1, -0.05) is 13.8 Å². The summed E-state index contributed by atoms with van der Waals surface area (Å²) in [4.78, 5) is 6.19. The molecule has 0 saturated carbocycles. The lowest BCUT2D eigenvalue weighted by Gasteiger charge is -2.25. The SMILES string of the molecule is CCc1nnc(N(C)C(C)c2cc(F)ccc2F)nc1CC. The highest BCUT2D eigenvalue weighted by atomic mass is 19.1. The normalized spacial score (nSPS) is 12.3. The highest BCUT2D eigenvalue weighted by molar-refractivity contribution is 5.36. The van der Waals surface area contributed by atoms with Crippen molar-refractivity contribution in [1.29, 1.82) is 0 Å². The molecule has 4 nitrogen and oxygen atoms in total. The summed E-state index contributed by atoms with van der Waals surface area (Å²) in [6.45, 7) is 5.78. The molecule has 6 heteroatoms. The predicted octanol–water partition coefficient (Wildman–Crippen LogP) is 3.47. The Morgan fingerprint density at radius 2 is 1.77 bits per heavy atom. The third kappa shape index (κ3) is 3.21. The summed E-state index contributed by atoms with van der Waals surface area (Å²) in [5, 5.41) is 8.29. The summed E-state index contributed by atoms with van der Waals surface area (Å²) in [7, 11) is 1.75. The van der Waals surface area contributed by atoms with Crippen molar-refractivity contribution in [2.24, 2.45) is 0 Å². The number of halogens is 2. The summed E-state index contributed by atoms with van der Waals surface area (Å²) in [6, 6.07) is 3.03. The molecule has 1 atom stereocenters. The van der Waals surface area contributed by atoms with Gasteiger partial charge in [-0.2, -0.15) is 5.10 Å². The van der Waals surface area contributed by atoms with Crippen LogP contribution in [0.5, 0.6) is 0 Å². The molecular formula is C16H20F2N4. The Balaban J connectivity index is 2.34. The van der Waals surface area contributed by atoms with Crippen LogP contribution in [0.4, 0.5) is 14.7 Å². The zero-order valence-electron chi connectivity index (χ0n) is 13.3. The molecular weight excluding hydrogens is 286 g/mol. The van der Waals surface area contributed by atoms with Crippen molar-refractivity contribution in [1.82, 2.24) is 15.2 Å². The maximum absolute atomic E-state index is 13.9. The van der Waals surface area contributed by atoms with Crippen molar-refractivity contribution in [3.63, 3.8) is 0 Å². The summed E-state index contributed by atoms with van der Waals surface area (Å²) in [5.74, 6) is -0.508. The van der Waals surface area contributed by atoms with E-state index in [9.17, 15) is 8.78 Å². The average molecular weight is 306 g/mol. The number of nitrogens with zero attached hydrogens (tertiary/aromatic N) is 4. The van der Waals surface area contributed by atoms with Gasteiger partial charge in [0.2, 0.25) is 5.95 Å². The van der Waals surface area contributed by atoms with E-state index in [2.05, 4.69) is 15.2 Å². The lowest BCUT2D eigenvalue weighted by atomic mass is 10.1. The van der Waals surface area contributed by atoms with E-state index in [1.807, 2.05) is 13.8 Å². The fourth-order valence-corrected chi connectivity index (χ4v) is 2.29. The number of anilines is 1. The van der Waals surface area contributed by atoms with Gasteiger partial charge in [0, 0.05) is 12.6 Å². The zero-order chi connectivity index (χ0) is 16.3. The highest BCUT2D eigenvalue weighted by Crippen LogP contribution is 2.25. The first-order valence-electron chi connectivity index (χ1n) is 7.38. The van der Waals surface area contributed by atoms with Crippen LogP contribution in [0, 0.1) is 11.6 Å². The van der Waals surface area contributed by atoms with Gasteiger partial charge in [-0.05, 0) is 38.0 Å². The van der Waals surface area contributed by atoms with E-state index in [4.69, 9.17) is 0 Å². The first-order valence-corrected chi connectivity index (χ1v) is 7.38. The second kappa shape index (κ2) is 6.77. The molecule has 0 fully saturated rings. The molecule has 0 N–H and O–H groups in total. The molecule has 0 aliphatic carbocycles. The minimum absolute atomic E-state index is 0.267. The van der Waals surface area contributed by atoms with Crippen molar-refractivity contribution in [3.8, 4) is 0 Å². The van der Waals surface area contributed by atoms with Crippen LogP contribution in [0.3, 0.4) is 0 Å². The Labute approximate surface area is 129 Å². The Morgan fingerprint density at radius 3 is 2.41 bits per heavy atom. The van der Waals surface area contributed by atoms with E-state index in [-0.39, 0.29) is 5.56 Å². The van der Waals surface area contributed by atoms with Crippen LogP contribution in [-0.4, -0.2) is 22.2 Å². The fourth-order valence-electron chi connectivity index (χ4n) is 2.29. The molecule has 0 aliphatic rings. The second-order valence-electron chi connectivity index (χ2n) is 5.17. The smallest absolute Gasteiger partial charge is 0.245 e. The Hall–Kier alpha value is -2.11. The van der Waals surface area contributed by atoms with Crippen LogP contribution >= 0.6 is 0 Å². The van der Waals surface area contributed by atoms with Crippen molar-refractivity contribution in [2.45, 2.75) is 39.7 Å². The molecule has 0 radical (unpaired) electrons. The quantitative estimate of drug-likeness (QED) is 0.848. The molecule has 118 valence electrons. The Morgan fingerprint density at radius 1 is 1.09 bits per heavy atom. The van der Waals surface area contributed by atoms with Crippen molar-refractivity contribution >= 4 is 5.95 Å². The number of aryl methyl sites for hydroxylation is 2. The third-order valence-electron chi connectivity index (χ3n) is 3.80. The Bertz CT molecular complexity index is 661. The lowest BCUT2D eigenvalue weighted by molar-refractivity contribution is 0.561. The highest BCUT2D eigenvalue weighted by Gasteiger charge is 2.20. The van der Waals surface area contributed by atoms with E-state index in [1.54, 1.807) is 18.9 Å². The minimum atomic E-state index is -0.466. The summed E-state index contributed by atoms with van der Waals surface area (Å²) in [5.41, 5.74) is 2.01. The molecule has 22 heavy (non-hydrogen) atoms. The predicted molar refractivity (Wildman–Crippen MR) is 81.8 cm³/mol. The zero-order valence-corrected chi connectivity index (χ0v) is 13.3. The Kier molecular flexibility index (Phi) is 5.00. The van der Waals surface area contributed by atoms with Crippen LogP contribution < -0.4 is 4.90 Å². The fraction of sp³-hybridized carbons (Fsp3) is 0.438. The van der Waals surface area contributed by atoms with Gasteiger partial charge >= 0.3 is 0 Å². The number of hydrogen-bond acceptors (Lipinski definition) is 4.